The van der Waals surface area contributed by atoms with Gasteiger partial charge in [-0.05, 0) is 26.3 Å². The summed E-state index contributed by atoms with van der Waals surface area (Å²) in [7, 11) is 0. The predicted octanol–water partition coefficient (Wildman–Crippen LogP) is 1.58. The van der Waals surface area contributed by atoms with Crippen LogP contribution in [0.25, 0.3) is 0 Å². The first kappa shape index (κ1) is 14.1. The first-order chi connectivity index (χ1) is 9.05. The number of rotatable bonds is 3. The van der Waals surface area contributed by atoms with Crippen molar-refractivity contribution < 1.29 is 13.9 Å². The molecule has 0 aliphatic carbocycles. The van der Waals surface area contributed by atoms with Crippen molar-refractivity contribution in [2.24, 2.45) is 0 Å². The fourth-order valence-electron chi connectivity index (χ4n) is 2.07. The first-order valence-corrected chi connectivity index (χ1v) is 6.50. The van der Waals surface area contributed by atoms with Crippen molar-refractivity contribution in [3.05, 3.63) is 24.0 Å². The van der Waals surface area contributed by atoms with Gasteiger partial charge in [-0.2, -0.15) is 0 Å². The lowest BCUT2D eigenvalue weighted by Crippen LogP contribution is -2.46. The van der Waals surface area contributed by atoms with Gasteiger partial charge in [0.15, 0.2) is 5.82 Å². The van der Waals surface area contributed by atoms with Crippen molar-refractivity contribution in [1.82, 2.24) is 15.3 Å². The maximum absolute atomic E-state index is 12.8. The van der Waals surface area contributed by atoms with Crippen molar-refractivity contribution in [2.75, 3.05) is 13.2 Å². The quantitative estimate of drug-likeness (QED) is 0.675. The average Bonchev–Trinajstić information content (AvgIpc) is 2.40. The molecule has 1 aromatic rings. The Balaban J connectivity index is 2.12. The third kappa shape index (κ3) is 3.19. The molecule has 0 aromatic carbocycles. The van der Waals surface area contributed by atoms with Gasteiger partial charge in [0.2, 0.25) is 0 Å². The Morgan fingerprint density at radius 3 is 2.95 bits per heavy atom. The zero-order valence-corrected chi connectivity index (χ0v) is 11.3. The highest BCUT2D eigenvalue weighted by molar-refractivity contribution is 6.34. The summed E-state index contributed by atoms with van der Waals surface area (Å²) >= 11 is 6.34. The van der Waals surface area contributed by atoms with Gasteiger partial charge in [0, 0.05) is 0 Å². The van der Waals surface area contributed by atoms with Crippen molar-refractivity contribution >= 4 is 17.6 Å². The topological polar surface area (TPSA) is 64.1 Å². The van der Waals surface area contributed by atoms with Crippen molar-refractivity contribution in [3.63, 3.8) is 0 Å². The van der Waals surface area contributed by atoms with E-state index in [0.717, 1.165) is 12.4 Å². The van der Waals surface area contributed by atoms with Crippen LogP contribution in [0.15, 0.2) is 12.4 Å². The Hall–Kier alpha value is -1.27. The third-order valence-electron chi connectivity index (χ3n) is 3.03. The molecule has 5 nitrogen and oxygen atoms in total. The lowest BCUT2D eigenvalue weighted by molar-refractivity contribution is -0.147. The highest BCUT2D eigenvalue weighted by atomic mass is 35.5. The van der Waals surface area contributed by atoms with E-state index in [1.807, 2.05) is 0 Å². The van der Waals surface area contributed by atoms with E-state index in [4.69, 9.17) is 16.3 Å². The number of esters is 1. The van der Waals surface area contributed by atoms with E-state index in [1.165, 1.54) is 0 Å². The zero-order chi connectivity index (χ0) is 13.9. The fraction of sp³-hybridized carbons (Fsp3) is 0.583. The predicted molar refractivity (Wildman–Crippen MR) is 67.2 cm³/mol. The van der Waals surface area contributed by atoms with Crippen molar-refractivity contribution in [1.29, 1.82) is 0 Å². The van der Waals surface area contributed by atoms with Crippen LogP contribution in [0.1, 0.15) is 31.6 Å². The summed E-state index contributed by atoms with van der Waals surface area (Å²) < 4.78 is 17.8. The number of ether oxygens (including phenoxy) is 1. The second-order valence-electron chi connectivity index (χ2n) is 4.41. The number of nitrogens with one attached hydrogen (secondary N) is 1. The fourth-order valence-corrected chi connectivity index (χ4v) is 2.38. The summed E-state index contributed by atoms with van der Waals surface area (Å²) in [6, 6.07) is -0.281. The molecule has 104 valence electrons. The lowest BCUT2D eigenvalue weighted by Gasteiger charge is -2.34. The van der Waals surface area contributed by atoms with Crippen LogP contribution in [-0.2, 0) is 9.53 Å². The van der Waals surface area contributed by atoms with Gasteiger partial charge in [0.05, 0.1) is 25.0 Å². The van der Waals surface area contributed by atoms with E-state index < -0.39 is 16.7 Å². The molecule has 1 N–H and O–H groups in total. The normalized spacial score (nSPS) is 27.0. The average molecular weight is 288 g/mol. The van der Waals surface area contributed by atoms with E-state index in [2.05, 4.69) is 15.3 Å². The van der Waals surface area contributed by atoms with Crippen LogP contribution in [-0.4, -0.2) is 34.0 Å². The number of hydrogen-bond acceptors (Lipinski definition) is 5. The van der Waals surface area contributed by atoms with Crippen LogP contribution in [0, 0.1) is 5.82 Å². The molecule has 1 fully saturated rings. The van der Waals surface area contributed by atoms with E-state index in [-0.39, 0.29) is 6.04 Å². The molecule has 19 heavy (non-hydrogen) atoms. The molecule has 1 saturated heterocycles. The Bertz CT molecular complexity index is 457. The number of aromatic nitrogens is 2. The minimum atomic E-state index is -1.07. The Kier molecular flexibility index (Phi) is 4.31. The van der Waals surface area contributed by atoms with Gasteiger partial charge < -0.3 is 10.1 Å². The standard InChI is InChI=1S/C12H15ClFN3O2/c1-2-19-11(18)12(13)3-4-15-9(5-12)10-16-6-8(14)7-17-10/h6-7,9,15H,2-5H2,1H3. The van der Waals surface area contributed by atoms with Gasteiger partial charge in [0.1, 0.15) is 10.7 Å². The molecular weight excluding hydrogens is 273 g/mol. The SMILES string of the molecule is CCOC(=O)C1(Cl)CCNC(c2ncc(F)cn2)C1. The third-order valence-corrected chi connectivity index (χ3v) is 3.53. The second-order valence-corrected chi connectivity index (χ2v) is 5.13. The summed E-state index contributed by atoms with van der Waals surface area (Å²) in [5.74, 6) is -0.497. The molecule has 1 aromatic heterocycles. The molecular formula is C12H15ClFN3O2. The van der Waals surface area contributed by atoms with E-state index in [0.29, 0.717) is 31.8 Å². The summed E-state index contributed by atoms with van der Waals surface area (Å²) in [4.78, 5) is 18.6. The first-order valence-electron chi connectivity index (χ1n) is 6.12. The van der Waals surface area contributed by atoms with Gasteiger partial charge >= 0.3 is 5.97 Å². The number of halogens is 2. The van der Waals surface area contributed by atoms with E-state index >= 15 is 0 Å². The molecule has 0 saturated carbocycles. The second kappa shape index (κ2) is 5.79. The highest BCUT2D eigenvalue weighted by Gasteiger charge is 2.43. The number of alkyl halides is 1. The Labute approximate surface area is 115 Å². The molecule has 2 rings (SSSR count). The van der Waals surface area contributed by atoms with Crippen LogP contribution in [0.4, 0.5) is 4.39 Å². The van der Waals surface area contributed by atoms with Crippen LogP contribution >= 0.6 is 11.6 Å². The van der Waals surface area contributed by atoms with Gasteiger partial charge in [-0.3, -0.25) is 4.79 Å². The van der Waals surface area contributed by atoms with Crippen LogP contribution in [0.5, 0.6) is 0 Å². The van der Waals surface area contributed by atoms with E-state index in [1.54, 1.807) is 6.92 Å². The maximum Gasteiger partial charge on any atom is 0.327 e. The van der Waals surface area contributed by atoms with Gasteiger partial charge in [0.25, 0.3) is 0 Å². The van der Waals surface area contributed by atoms with Crippen LogP contribution in [0.2, 0.25) is 0 Å². The number of piperidine rings is 1. The summed E-state index contributed by atoms with van der Waals surface area (Å²) in [6.45, 7) is 2.58. The molecule has 7 heteroatoms. The zero-order valence-electron chi connectivity index (χ0n) is 10.5. The largest absolute Gasteiger partial charge is 0.465 e. The highest BCUT2D eigenvalue weighted by Crippen LogP contribution is 2.35. The van der Waals surface area contributed by atoms with Gasteiger partial charge in [-0.15, -0.1) is 11.6 Å². The minimum Gasteiger partial charge on any atom is -0.465 e. The lowest BCUT2D eigenvalue weighted by atomic mass is 9.91. The van der Waals surface area contributed by atoms with Crippen LogP contribution in [0.3, 0.4) is 0 Å². The molecule has 0 spiro atoms. The van der Waals surface area contributed by atoms with Crippen LogP contribution < -0.4 is 5.32 Å². The van der Waals surface area contributed by atoms with E-state index in [9.17, 15) is 9.18 Å². The monoisotopic (exact) mass is 287 g/mol. The summed E-state index contributed by atoms with van der Waals surface area (Å²) in [5.41, 5.74) is 0. The molecule has 1 aliphatic rings. The molecule has 0 bridgehead atoms. The molecule has 2 heterocycles. The minimum absolute atomic E-state index is 0.281. The number of nitrogens with zero attached hydrogens (tertiary/aromatic N) is 2. The molecule has 2 unspecified atom stereocenters. The number of hydrogen-bond donors (Lipinski definition) is 1. The number of carbonyl (C=O) groups is 1. The molecule has 0 amide bonds. The van der Waals surface area contributed by atoms with Crippen molar-refractivity contribution in [3.8, 4) is 0 Å². The maximum atomic E-state index is 12.8. The van der Waals surface area contributed by atoms with Gasteiger partial charge in [-0.25, -0.2) is 14.4 Å². The Morgan fingerprint density at radius 2 is 2.32 bits per heavy atom. The molecule has 1 aliphatic heterocycles. The van der Waals surface area contributed by atoms with Crippen molar-refractivity contribution in [2.45, 2.75) is 30.7 Å². The molecule has 0 radical (unpaired) electrons. The molecule has 2 atom stereocenters. The van der Waals surface area contributed by atoms with Gasteiger partial charge in [-0.1, -0.05) is 0 Å². The number of carbonyl (C=O) groups excluding carboxylic acids is 1. The summed E-state index contributed by atoms with van der Waals surface area (Å²) in [6.07, 6.45) is 2.99. The Morgan fingerprint density at radius 1 is 1.63 bits per heavy atom. The summed E-state index contributed by atoms with van der Waals surface area (Å²) in [5, 5.41) is 3.17. The smallest absolute Gasteiger partial charge is 0.327 e.